The zero-order valence-corrected chi connectivity index (χ0v) is 12.2. The Morgan fingerprint density at radius 2 is 1.62 bits per heavy atom. The topological polar surface area (TPSA) is 98.0 Å². The Labute approximate surface area is 128 Å². The van der Waals surface area contributed by atoms with Crippen molar-refractivity contribution in [3.63, 3.8) is 0 Å². The highest BCUT2D eigenvalue weighted by Gasteiger charge is 2.12. The Balaban J connectivity index is 2.27. The molecule has 2 aromatic rings. The molecule has 0 fully saturated rings. The molecule has 4 N–H and O–H groups in total. The molecule has 0 aliphatic rings. The maximum absolute atomic E-state index is 12.0. The lowest BCUT2D eigenvalue weighted by Gasteiger charge is -2.04. The van der Waals surface area contributed by atoms with Crippen LogP contribution in [0.25, 0.3) is 6.08 Å². The second-order valence-electron chi connectivity index (χ2n) is 4.27. The summed E-state index contributed by atoms with van der Waals surface area (Å²) in [6.45, 7) is 0. The zero-order chi connectivity index (χ0) is 15.6. The molecular formula is C15H11BrO5. The number of allylic oxidation sites excluding steroid dienone is 1. The van der Waals surface area contributed by atoms with E-state index in [1.54, 1.807) is 0 Å². The van der Waals surface area contributed by atoms with Crippen molar-refractivity contribution >= 4 is 27.8 Å². The van der Waals surface area contributed by atoms with Crippen molar-refractivity contribution in [2.75, 3.05) is 0 Å². The summed E-state index contributed by atoms with van der Waals surface area (Å²) in [5, 5.41) is 37.6. The van der Waals surface area contributed by atoms with Crippen LogP contribution in [0.5, 0.6) is 23.0 Å². The van der Waals surface area contributed by atoms with E-state index >= 15 is 0 Å². The van der Waals surface area contributed by atoms with E-state index in [1.807, 2.05) is 0 Å². The molecule has 5 nitrogen and oxygen atoms in total. The van der Waals surface area contributed by atoms with E-state index in [2.05, 4.69) is 15.9 Å². The summed E-state index contributed by atoms with van der Waals surface area (Å²) < 4.78 is 0.291. The molecule has 0 bridgehead atoms. The maximum atomic E-state index is 12.0. The smallest absolute Gasteiger partial charge is 0.189 e. The van der Waals surface area contributed by atoms with E-state index in [9.17, 15) is 25.2 Å². The maximum Gasteiger partial charge on any atom is 0.189 e. The Hall–Kier alpha value is -2.47. The highest BCUT2D eigenvalue weighted by Crippen LogP contribution is 2.32. The summed E-state index contributed by atoms with van der Waals surface area (Å²) in [7, 11) is 0. The third-order valence-corrected chi connectivity index (χ3v) is 3.39. The first kappa shape index (κ1) is 14.9. The Morgan fingerprint density at radius 1 is 0.905 bits per heavy atom. The van der Waals surface area contributed by atoms with Crippen molar-refractivity contribution in [3.05, 3.63) is 52.0 Å². The lowest BCUT2D eigenvalue weighted by atomic mass is 10.1. The molecule has 0 atom stereocenters. The van der Waals surface area contributed by atoms with Crippen molar-refractivity contribution in [1.29, 1.82) is 0 Å². The molecule has 21 heavy (non-hydrogen) atoms. The van der Waals surface area contributed by atoms with Gasteiger partial charge in [0, 0.05) is 6.07 Å². The van der Waals surface area contributed by atoms with E-state index in [0.717, 1.165) is 6.07 Å². The van der Waals surface area contributed by atoms with Crippen LogP contribution in [0.2, 0.25) is 0 Å². The van der Waals surface area contributed by atoms with Crippen molar-refractivity contribution in [2.45, 2.75) is 0 Å². The van der Waals surface area contributed by atoms with Crippen molar-refractivity contribution in [2.24, 2.45) is 0 Å². The number of benzene rings is 2. The summed E-state index contributed by atoms with van der Waals surface area (Å²) in [6, 6.07) is 6.49. The number of hydrogen-bond acceptors (Lipinski definition) is 5. The van der Waals surface area contributed by atoms with Gasteiger partial charge in [-0.3, -0.25) is 4.79 Å². The molecule has 0 heterocycles. The van der Waals surface area contributed by atoms with Gasteiger partial charge in [-0.25, -0.2) is 0 Å². The highest BCUT2D eigenvalue weighted by molar-refractivity contribution is 9.10. The number of carbonyl (C=O) groups excluding carboxylic acids is 1. The van der Waals surface area contributed by atoms with E-state index in [0.29, 0.717) is 10.0 Å². The molecule has 6 heteroatoms. The van der Waals surface area contributed by atoms with E-state index in [4.69, 9.17) is 0 Å². The van der Waals surface area contributed by atoms with Crippen LogP contribution >= 0.6 is 15.9 Å². The number of ketones is 1. The van der Waals surface area contributed by atoms with Gasteiger partial charge in [0.2, 0.25) is 0 Å². The Morgan fingerprint density at radius 3 is 2.29 bits per heavy atom. The number of phenols is 4. The predicted octanol–water partition coefficient (Wildman–Crippen LogP) is 3.17. The highest BCUT2D eigenvalue weighted by atomic mass is 79.9. The third-order valence-electron chi connectivity index (χ3n) is 2.76. The number of carbonyl (C=O) groups is 1. The minimum atomic E-state index is -0.472. The van der Waals surface area contributed by atoms with Gasteiger partial charge in [0.15, 0.2) is 17.3 Å². The molecule has 0 saturated heterocycles. The van der Waals surface area contributed by atoms with Gasteiger partial charge in [-0.2, -0.15) is 0 Å². The van der Waals surface area contributed by atoms with E-state index in [1.165, 1.54) is 36.4 Å². The lowest BCUT2D eigenvalue weighted by molar-refractivity contribution is 0.104. The van der Waals surface area contributed by atoms with Crippen LogP contribution < -0.4 is 0 Å². The first-order valence-electron chi connectivity index (χ1n) is 5.84. The van der Waals surface area contributed by atoms with E-state index in [-0.39, 0.29) is 28.6 Å². The van der Waals surface area contributed by atoms with Gasteiger partial charge < -0.3 is 20.4 Å². The number of rotatable bonds is 3. The monoisotopic (exact) mass is 350 g/mol. The molecule has 2 aromatic carbocycles. The molecule has 0 saturated carbocycles. The average molecular weight is 351 g/mol. The normalized spacial score (nSPS) is 10.9. The fraction of sp³-hybridized carbons (Fsp3) is 0. The Kier molecular flexibility index (Phi) is 4.18. The molecule has 108 valence electrons. The van der Waals surface area contributed by atoms with Crippen LogP contribution in [0, 0.1) is 0 Å². The molecule has 0 aliphatic heterocycles. The summed E-state index contributed by atoms with van der Waals surface area (Å²) in [5.74, 6) is -1.52. The first-order chi connectivity index (χ1) is 9.88. The second kappa shape index (κ2) is 5.88. The molecule has 2 rings (SSSR count). The second-order valence-corrected chi connectivity index (χ2v) is 5.12. The standard InChI is InChI=1S/C15H11BrO5/c16-10-6-9(13(19)7-14(10)20)11(17)3-1-8-2-4-12(18)15(21)5-8/h1-7,18-21H/b3-1+. The molecular weight excluding hydrogens is 340 g/mol. The van der Waals surface area contributed by atoms with E-state index < -0.39 is 5.78 Å². The van der Waals surface area contributed by atoms with Gasteiger partial charge in [-0.05, 0) is 45.8 Å². The van der Waals surface area contributed by atoms with Crippen LogP contribution in [-0.4, -0.2) is 26.2 Å². The van der Waals surface area contributed by atoms with Gasteiger partial charge in [0.25, 0.3) is 0 Å². The number of hydrogen-bond donors (Lipinski definition) is 4. The summed E-state index contributed by atoms with van der Waals surface area (Å²) >= 11 is 3.06. The number of phenolic OH excluding ortho intramolecular Hbond substituents is 4. The Bertz CT molecular complexity index is 737. The number of aromatic hydroxyl groups is 4. The van der Waals surface area contributed by atoms with Crippen LogP contribution in [0.4, 0.5) is 0 Å². The minimum Gasteiger partial charge on any atom is -0.507 e. The van der Waals surface area contributed by atoms with Crippen LogP contribution in [0.1, 0.15) is 15.9 Å². The van der Waals surface area contributed by atoms with Crippen LogP contribution in [0.15, 0.2) is 40.9 Å². The van der Waals surface area contributed by atoms with Crippen molar-refractivity contribution in [3.8, 4) is 23.0 Å². The average Bonchev–Trinajstić information content (AvgIpc) is 2.44. The molecule has 0 aromatic heterocycles. The van der Waals surface area contributed by atoms with Gasteiger partial charge in [0.05, 0.1) is 10.0 Å². The fourth-order valence-corrected chi connectivity index (χ4v) is 2.00. The molecule has 0 aliphatic carbocycles. The van der Waals surface area contributed by atoms with Gasteiger partial charge in [0.1, 0.15) is 11.5 Å². The zero-order valence-electron chi connectivity index (χ0n) is 10.6. The summed E-state index contributed by atoms with van der Waals surface area (Å²) in [6.07, 6.45) is 2.64. The van der Waals surface area contributed by atoms with Gasteiger partial charge >= 0.3 is 0 Å². The largest absolute Gasteiger partial charge is 0.507 e. The predicted molar refractivity (Wildman–Crippen MR) is 80.6 cm³/mol. The molecule has 0 radical (unpaired) electrons. The van der Waals surface area contributed by atoms with Crippen molar-refractivity contribution < 1.29 is 25.2 Å². The molecule has 0 spiro atoms. The summed E-state index contributed by atoms with van der Waals surface area (Å²) in [4.78, 5) is 12.0. The quantitative estimate of drug-likeness (QED) is 0.387. The van der Waals surface area contributed by atoms with Gasteiger partial charge in [-0.15, -0.1) is 0 Å². The molecule has 0 unspecified atom stereocenters. The van der Waals surface area contributed by atoms with Gasteiger partial charge in [-0.1, -0.05) is 12.1 Å². The lowest BCUT2D eigenvalue weighted by Crippen LogP contribution is -1.95. The molecule has 0 amide bonds. The first-order valence-corrected chi connectivity index (χ1v) is 6.63. The van der Waals surface area contributed by atoms with Crippen molar-refractivity contribution in [1.82, 2.24) is 0 Å². The number of halogens is 1. The van der Waals surface area contributed by atoms with Crippen LogP contribution in [0.3, 0.4) is 0 Å². The van der Waals surface area contributed by atoms with Crippen LogP contribution in [-0.2, 0) is 0 Å². The SMILES string of the molecule is O=C(/C=C/c1ccc(O)c(O)c1)c1cc(Br)c(O)cc1O. The minimum absolute atomic E-state index is 0.0268. The summed E-state index contributed by atoms with van der Waals surface area (Å²) in [5.41, 5.74) is 0.537. The fourth-order valence-electron chi connectivity index (χ4n) is 1.65. The third kappa shape index (κ3) is 3.35.